The molecular weight excluding hydrogens is 354 g/mol. The Kier molecular flexibility index (Phi) is 6.68. The molecule has 146 valence electrons. The van der Waals surface area contributed by atoms with Crippen LogP contribution in [0.3, 0.4) is 0 Å². The van der Waals surface area contributed by atoms with Crippen molar-refractivity contribution in [3.8, 4) is 11.5 Å². The van der Waals surface area contributed by atoms with E-state index >= 15 is 0 Å². The maximum Gasteiger partial charge on any atom is 0.244 e. The van der Waals surface area contributed by atoms with Crippen molar-refractivity contribution in [3.63, 3.8) is 0 Å². The Hall–Kier alpha value is -3.28. The average molecular weight is 379 g/mol. The summed E-state index contributed by atoms with van der Waals surface area (Å²) >= 11 is 0. The van der Waals surface area contributed by atoms with Gasteiger partial charge in [0.2, 0.25) is 5.91 Å². The van der Waals surface area contributed by atoms with Gasteiger partial charge in [-0.15, -0.1) is 0 Å². The molecule has 3 rings (SSSR count). The van der Waals surface area contributed by atoms with E-state index in [1.165, 1.54) is 6.08 Å². The Labute approximate surface area is 164 Å². The molecule has 0 aliphatic rings. The maximum absolute atomic E-state index is 12.1. The molecule has 0 saturated carbocycles. The number of rotatable bonds is 9. The van der Waals surface area contributed by atoms with Crippen LogP contribution in [0.5, 0.6) is 11.5 Å². The number of hydrogen-bond acceptors (Lipinski definition) is 4. The number of ether oxygens (including phenoxy) is 2. The minimum absolute atomic E-state index is 0.121. The molecule has 6 heteroatoms. The molecule has 0 aliphatic heterocycles. The van der Waals surface area contributed by atoms with Crippen molar-refractivity contribution in [2.75, 3.05) is 20.3 Å². The summed E-state index contributed by atoms with van der Waals surface area (Å²) in [6.45, 7) is 3.88. The molecule has 1 heterocycles. The van der Waals surface area contributed by atoms with E-state index in [1.807, 2.05) is 49.6 Å². The number of carbonyl (C=O) groups is 1. The number of nitrogens with one attached hydrogen (secondary N) is 1. The maximum atomic E-state index is 12.1. The molecule has 0 unspecified atom stereocenters. The van der Waals surface area contributed by atoms with Gasteiger partial charge in [0.1, 0.15) is 0 Å². The third kappa shape index (κ3) is 4.91. The summed E-state index contributed by atoms with van der Waals surface area (Å²) in [5, 5.41) is 2.91. The zero-order valence-corrected chi connectivity index (χ0v) is 16.2. The number of carbonyl (C=O) groups excluding carboxylic acids is 1. The van der Waals surface area contributed by atoms with Gasteiger partial charge in [-0.05, 0) is 49.2 Å². The number of benzene rings is 2. The zero-order chi connectivity index (χ0) is 19.8. The van der Waals surface area contributed by atoms with Crippen molar-refractivity contribution >= 4 is 23.0 Å². The predicted octanol–water partition coefficient (Wildman–Crippen LogP) is 3.66. The lowest BCUT2D eigenvalue weighted by molar-refractivity contribution is -0.116. The first-order chi connectivity index (χ1) is 13.7. The van der Waals surface area contributed by atoms with Crippen LogP contribution in [-0.4, -0.2) is 35.7 Å². The molecule has 0 spiro atoms. The molecular formula is C22H25N3O3. The monoisotopic (exact) mass is 379 g/mol. The van der Waals surface area contributed by atoms with Crippen LogP contribution in [0.2, 0.25) is 0 Å². The number of fused-ring (bicyclic) bond motifs is 1. The molecule has 28 heavy (non-hydrogen) atoms. The molecule has 0 aliphatic carbocycles. The zero-order valence-electron chi connectivity index (χ0n) is 16.2. The van der Waals surface area contributed by atoms with Crippen molar-refractivity contribution in [1.82, 2.24) is 14.9 Å². The van der Waals surface area contributed by atoms with E-state index in [0.29, 0.717) is 24.7 Å². The summed E-state index contributed by atoms with van der Waals surface area (Å²) in [5.74, 6) is 1.22. The van der Waals surface area contributed by atoms with Crippen LogP contribution in [0.25, 0.3) is 17.1 Å². The highest BCUT2D eigenvalue weighted by molar-refractivity contribution is 5.91. The fourth-order valence-corrected chi connectivity index (χ4v) is 2.95. The molecule has 6 nitrogen and oxygen atoms in total. The van der Waals surface area contributed by atoms with Gasteiger partial charge in [0.25, 0.3) is 0 Å². The number of hydrogen-bond donors (Lipinski definition) is 1. The Morgan fingerprint density at radius 3 is 2.89 bits per heavy atom. The molecule has 0 fully saturated rings. The van der Waals surface area contributed by atoms with Gasteiger partial charge >= 0.3 is 0 Å². The molecule has 3 aromatic rings. The Balaban J connectivity index is 1.48. The molecule has 1 N–H and O–H groups in total. The van der Waals surface area contributed by atoms with Gasteiger partial charge < -0.3 is 19.4 Å². The molecule has 2 aromatic carbocycles. The van der Waals surface area contributed by atoms with Gasteiger partial charge in [-0.1, -0.05) is 18.2 Å². The van der Waals surface area contributed by atoms with E-state index in [4.69, 9.17) is 9.47 Å². The molecule has 1 aromatic heterocycles. The van der Waals surface area contributed by atoms with Crippen LogP contribution < -0.4 is 14.8 Å². The number of aromatic nitrogens is 2. The van der Waals surface area contributed by atoms with Gasteiger partial charge in [0, 0.05) is 19.2 Å². The van der Waals surface area contributed by atoms with E-state index < -0.39 is 0 Å². The Bertz CT molecular complexity index is 963. The first-order valence-electron chi connectivity index (χ1n) is 9.38. The second kappa shape index (κ2) is 9.60. The predicted molar refractivity (Wildman–Crippen MR) is 111 cm³/mol. The highest BCUT2D eigenvalue weighted by atomic mass is 16.5. The second-order valence-corrected chi connectivity index (χ2v) is 6.25. The fourth-order valence-electron chi connectivity index (χ4n) is 2.95. The quantitative estimate of drug-likeness (QED) is 0.455. The molecule has 0 saturated heterocycles. The van der Waals surface area contributed by atoms with Gasteiger partial charge in [-0.25, -0.2) is 4.98 Å². The second-order valence-electron chi connectivity index (χ2n) is 6.25. The van der Waals surface area contributed by atoms with E-state index in [-0.39, 0.29) is 5.91 Å². The lowest BCUT2D eigenvalue weighted by atomic mass is 10.2. The first kappa shape index (κ1) is 19.5. The largest absolute Gasteiger partial charge is 0.493 e. The normalized spacial score (nSPS) is 11.1. The van der Waals surface area contributed by atoms with Crippen molar-refractivity contribution in [2.24, 2.45) is 0 Å². The summed E-state index contributed by atoms with van der Waals surface area (Å²) in [4.78, 5) is 16.4. The minimum Gasteiger partial charge on any atom is -0.493 e. The van der Waals surface area contributed by atoms with Crippen LogP contribution in [-0.2, 0) is 11.3 Å². The average Bonchev–Trinajstić information content (AvgIpc) is 3.13. The van der Waals surface area contributed by atoms with Gasteiger partial charge in [-0.2, -0.15) is 0 Å². The standard InChI is InChI=1S/C22H25N3O3/c1-3-28-21-15-17(9-11-20(21)27-2)10-12-22(26)23-13-6-14-25-16-24-18-7-4-5-8-19(18)25/h4-5,7-12,15-16H,3,6,13-14H2,1-2H3,(H,23,26)/b12-10+. The topological polar surface area (TPSA) is 65.4 Å². The number of methoxy groups -OCH3 is 1. The first-order valence-corrected chi connectivity index (χ1v) is 9.38. The fraction of sp³-hybridized carbons (Fsp3) is 0.273. The highest BCUT2D eigenvalue weighted by Crippen LogP contribution is 2.28. The smallest absolute Gasteiger partial charge is 0.244 e. The minimum atomic E-state index is -0.121. The van der Waals surface area contributed by atoms with Crippen LogP contribution in [0.4, 0.5) is 0 Å². The summed E-state index contributed by atoms with van der Waals surface area (Å²) < 4.78 is 12.9. The number of amides is 1. The highest BCUT2D eigenvalue weighted by Gasteiger charge is 2.04. The van der Waals surface area contributed by atoms with Crippen molar-refractivity contribution < 1.29 is 14.3 Å². The number of para-hydroxylation sites is 2. The number of aryl methyl sites for hydroxylation is 1. The van der Waals surface area contributed by atoms with Gasteiger partial charge in [-0.3, -0.25) is 4.79 Å². The lowest BCUT2D eigenvalue weighted by Gasteiger charge is -2.09. The lowest BCUT2D eigenvalue weighted by Crippen LogP contribution is -2.23. The van der Waals surface area contributed by atoms with Crippen LogP contribution in [0.15, 0.2) is 54.9 Å². The Morgan fingerprint density at radius 1 is 1.21 bits per heavy atom. The van der Waals surface area contributed by atoms with E-state index in [0.717, 1.165) is 29.6 Å². The number of imidazole rings is 1. The summed E-state index contributed by atoms with van der Waals surface area (Å²) in [7, 11) is 1.60. The SMILES string of the molecule is CCOc1cc(/C=C/C(=O)NCCCn2cnc3ccccc32)ccc1OC. The van der Waals surface area contributed by atoms with Crippen LogP contribution in [0.1, 0.15) is 18.9 Å². The van der Waals surface area contributed by atoms with Crippen molar-refractivity contribution in [3.05, 3.63) is 60.4 Å². The molecule has 1 amide bonds. The van der Waals surface area contributed by atoms with Crippen LogP contribution >= 0.6 is 0 Å². The van der Waals surface area contributed by atoms with Crippen molar-refractivity contribution in [1.29, 1.82) is 0 Å². The Morgan fingerprint density at radius 2 is 2.07 bits per heavy atom. The summed E-state index contributed by atoms with van der Waals surface area (Å²) in [6.07, 6.45) is 5.97. The van der Waals surface area contributed by atoms with E-state index in [2.05, 4.69) is 20.9 Å². The molecule has 0 bridgehead atoms. The van der Waals surface area contributed by atoms with E-state index in [1.54, 1.807) is 13.2 Å². The van der Waals surface area contributed by atoms with Crippen LogP contribution in [0, 0.1) is 0 Å². The molecule has 0 radical (unpaired) electrons. The third-order valence-corrected chi connectivity index (χ3v) is 4.32. The van der Waals surface area contributed by atoms with Gasteiger partial charge in [0.15, 0.2) is 11.5 Å². The van der Waals surface area contributed by atoms with Crippen molar-refractivity contribution in [2.45, 2.75) is 19.9 Å². The van der Waals surface area contributed by atoms with Gasteiger partial charge in [0.05, 0.1) is 31.1 Å². The summed E-state index contributed by atoms with van der Waals surface area (Å²) in [6, 6.07) is 13.6. The number of nitrogens with zero attached hydrogens (tertiary/aromatic N) is 2. The third-order valence-electron chi connectivity index (χ3n) is 4.32. The summed E-state index contributed by atoms with van der Waals surface area (Å²) in [5.41, 5.74) is 2.97. The van der Waals surface area contributed by atoms with E-state index in [9.17, 15) is 4.79 Å². The molecule has 0 atom stereocenters.